The molecule has 3 aromatic carbocycles. The van der Waals surface area contributed by atoms with Crippen LogP contribution in [0.2, 0.25) is 0 Å². The van der Waals surface area contributed by atoms with Crippen molar-refractivity contribution >= 4 is 12.4 Å². The number of morpholine rings is 1. The Balaban J connectivity index is 0.00000324. The summed E-state index contributed by atoms with van der Waals surface area (Å²) in [7, 11) is 1.51. The highest BCUT2D eigenvalue weighted by Crippen LogP contribution is 2.33. The summed E-state index contributed by atoms with van der Waals surface area (Å²) in [6, 6.07) is 24.6. The number of ether oxygens (including phenoxy) is 3. The fourth-order valence-corrected chi connectivity index (χ4v) is 4.34. The van der Waals surface area contributed by atoms with Crippen molar-refractivity contribution in [3.8, 4) is 11.5 Å². The third-order valence-electron chi connectivity index (χ3n) is 5.75. The number of alkyl halides is 3. The quantitative estimate of drug-likeness (QED) is 0.401. The number of halogens is 4. The topological polar surface area (TPSA) is 30.9 Å². The van der Waals surface area contributed by atoms with Crippen LogP contribution in [0.25, 0.3) is 0 Å². The molecule has 1 aliphatic rings. The molecule has 0 N–H and O–H groups in total. The number of nitrogens with zero attached hydrogens (tertiary/aromatic N) is 1. The van der Waals surface area contributed by atoms with Gasteiger partial charge < -0.3 is 14.2 Å². The number of methoxy groups -OCH3 is 1. The summed E-state index contributed by atoms with van der Waals surface area (Å²) < 4.78 is 53.8. The Morgan fingerprint density at radius 3 is 2.15 bits per heavy atom. The lowest BCUT2D eigenvalue weighted by Gasteiger charge is -2.37. The van der Waals surface area contributed by atoms with Crippen LogP contribution in [-0.4, -0.2) is 44.2 Å². The summed E-state index contributed by atoms with van der Waals surface area (Å²) in [4.78, 5) is 2.18. The van der Waals surface area contributed by atoms with Gasteiger partial charge in [0, 0.05) is 31.1 Å². The number of benzene rings is 3. The average molecular weight is 494 g/mol. The van der Waals surface area contributed by atoms with E-state index in [4.69, 9.17) is 9.47 Å². The van der Waals surface area contributed by atoms with Crippen molar-refractivity contribution in [2.45, 2.75) is 24.9 Å². The molecule has 1 fully saturated rings. The van der Waals surface area contributed by atoms with E-state index in [1.165, 1.54) is 25.3 Å². The molecule has 182 valence electrons. The smallest absolute Gasteiger partial charge is 0.496 e. The molecule has 3 aromatic rings. The first-order chi connectivity index (χ1) is 15.9. The lowest BCUT2D eigenvalue weighted by atomic mass is 9.85. The largest absolute Gasteiger partial charge is 0.573 e. The Hall–Kier alpha value is -2.74. The number of rotatable bonds is 7. The molecule has 4 rings (SSSR count). The van der Waals surface area contributed by atoms with E-state index >= 15 is 0 Å². The van der Waals surface area contributed by atoms with Gasteiger partial charge in [-0.15, -0.1) is 25.6 Å². The van der Waals surface area contributed by atoms with Gasteiger partial charge >= 0.3 is 6.36 Å². The summed E-state index contributed by atoms with van der Waals surface area (Å²) in [5, 5.41) is 0. The minimum Gasteiger partial charge on any atom is -0.496 e. The lowest BCUT2D eigenvalue weighted by Crippen LogP contribution is -2.44. The van der Waals surface area contributed by atoms with Gasteiger partial charge in [0.05, 0.1) is 19.8 Å². The fourth-order valence-electron chi connectivity index (χ4n) is 4.34. The minimum absolute atomic E-state index is 0. The van der Waals surface area contributed by atoms with Gasteiger partial charge in [0.1, 0.15) is 11.5 Å². The zero-order valence-electron chi connectivity index (χ0n) is 18.7. The van der Waals surface area contributed by atoms with Crippen LogP contribution in [0.15, 0.2) is 78.9 Å². The molecule has 0 amide bonds. The zero-order chi connectivity index (χ0) is 23.3. The molecule has 8 heteroatoms. The van der Waals surface area contributed by atoms with E-state index in [1.807, 2.05) is 36.4 Å². The van der Waals surface area contributed by atoms with Crippen LogP contribution < -0.4 is 9.47 Å². The minimum atomic E-state index is -4.74. The van der Waals surface area contributed by atoms with E-state index in [-0.39, 0.29) is 30.2 Å². The Morgan fingerprint density at radius 1 is 0.971 bits per heavy atom. The maximum absolute atomic E-state index is 12.7. The molecule has 0 saturated carbocycles. The van der Waals surface area contributed by atoms with Crippen LogP contribution in [0, 0.1) is 0 Å². The molecule has 0 bridgehead atoms. The van der Waals surface area contributed by atoms with Crippen molar-refractivity contribution in [2.24, 2.45) is 0 Å². The Kier molecular flexibility index (Phi) is 8.83. The molecule has 0 spiro atoms. The van der Waals surface area contributed by atoms with Crippen LogP contribution in [0.5, 0.6) is 11.5 Å². The molecule has 1 unspecified atom stereocenters. The van der Waals surface area contributed by atoms with Gasteiger partial charge in [0.25, 0.3) is 0 Å². The predicted molar refractivity (Wildman–Crippen MR) is 127 cm³/mol. The maximum atomic E-state index is 12.7. The molecule has 1 aliphatic heterocycles. The van der Waals surface area contributed by atoms with Crippen LogP contribution >= 0.6 is 12.4 Å². The summed E-state index contributed by atoms with van der Waals surface area (Å²) in [6.45, 7) is 2.25. The maximum Gasteiger partial charge on any atom is 0.573 e. The van der Waals surface area contributed by atoms with Crippen LogP contribution in [0.1, 0.15) is 22.6 Å². The molecular formula is C26H27ClF3NO3. The molecule has 1 heterocycles. The normalized spacial score (nSPS) is 16.7. The molecule has 0 aliphatic carbocycles. The Labute approximate surface area is 203 Å². The first-order valence-corrected chi connectivity index (χ1v) is 10.8. The first kappa shape index (κ1) is 25.9. The first-order valence-electron chi connectivity index (χ1n) is 10.8. The molecular weight excluding hydrogens is 467 g/mol. The second-order valence-electron chi connectivity index (χ2n) is 7.96. The molecule has 4 nitrogen and oxygen atoms in total. The van der Waals surface area contributed by atoms with Gasteiger partial charge in [-0.3, -0.25) is 4.90 Å². The fraction of sp³-hybridized carbons (Fsp3) is 0.308. The van der Waals surface area contributed by atoms with Gasteiger partial charge in [-0.25, -0.2) is 0 Å². The van der Waals surface area contributed by atoms with E-state index < -0.39 is 6.36 Å². The third kappa shape index (κ3) is 6.65. The van der Waals surface area contributed by atoms with Crippen molar-refractivity contribution in [3.05, 3.63) is 95.6 Å². The van der Waals surface area contributed by atoms with Crippen LogP contribution in [0.4, 0.5) is 13.2 Å². The second-order valence-corrected chi connectivity index (χ2v) is 7.96. The predicted octanol–water partition coefficient (Wildman–Crippen LogP) is 6.05. The number of hydrogen-bond donors (Lipinski definition) is 0. The third-order valence-corrected chi connectivity index (χ3v) is 5.75. The molecule has 1 atom stereocenters. The van der Waals surface area contributed by atoms with Crippen LogP contribution in [0.3, 0.4) is 0 Å². The standard InChI is InChI=1S/C26H26F3NO3.ClH/c1-31-23-13-12-22(33-26(27,28)29)16-21(23)17-30-14-15-32-24(18-30)25(19-8-4-2-5-9-19)20-10-6-3-7-11-20;/h2-13,16,24-25H,14-15,17-18H2,1H3;1H. The van der Waals surface area contributed by atoms with Crippen molar-refractivity contribution in [3.63, 3.8) is 0 Å². The zero-order valence-corrected chi connectivity index (χ0v) is 19.5. The lowest BCUT2D eigenvalue weighted by molar-refractivity contribution is -0.274. The highest BCUT2D eigenvalue weighted by Gasteiger charge is 2.33. The molecule has 34 heavy (non-hydrogen) atoms. The van der Waals surface area contributed by atoms with E-state index in [0.717, 1.165) is 11.1 Å². The average Bonchev–Trinajstić information content (AvgIpc) is 2.80. The van der Waals surface area contributed by atoms with Gasteiger partial charge in [-0.2, -0.15) is 0 Å². The highest BCUT2D eigenvalue weighted by molar-refractivity contribution is 5.85. The van der Waals surface area contributed by atoms with Gasteiger partial charge in [-0.1, -0.05) is 60.7 Å². The summed E-state index contributed by atoms with van der Waals surface area (Å²) in [5.74, 6) is 0.307. The molecule has 0 aromatic heterocycles. The van der Waals surface area contributed by atoms with Crippen molar-refractivity contribution in [1.82, 2.24) is 4.90 Å². The van der Waals surface area contributed by atoms with E-state index in [2.05, 4.69) is 33.9 Å². The Morgan fingerprint density at radius 2 is 1.59 bits per heavy atom. The van der Waals surface area contributed by atoms with Gasteiger partial charge in [0.2, 0.25) is 0 Å². The highest BCUT2D eigenvalue weighted by atomic mass is 35.5. The van der Waals surface area contributed by atoms with Crippen molar-refractivity contribution in [2.75, 3.05) is 26.8 Å². The summed E-state index contributed by atoms with van der Waals surface area (Å²) in [6.07, 6.45) is -4.85. The van der Waals surface area contributed by atoms with Gasteiger partial charge in [0.15, 0.2) is 0 Å². The summed E-state index contributed by atoms with van der Waals surface area (Å²) >= 11 is 0. The number of hydrogen-bond acceptors (Lipinski definition) is 4. The van der Waals surface area contributed by atoms with Crippen LogP contribution in [-0.2, 0) is 11.3 Å². The van der Waals surface area contributed by atoms with Crippen molar-refractivity contribution < 1.29 is 27.4 Å². The van der Waals surface area contributed by atoms with Gasteiger partial charge in [-0.05, 0) is 29.3 Å². The van der Waals surface area contributed by atoms with E-state index in [0.29, 0.717) is 37.6 Å². The molecule has 0 radical (unpaired) electrons. The SMILES string of the molecule is COc1ccc(OC(F)(F)F)cc1CN1CCOC(C(c2ccccc2)c2ccccc2)C1.Cl. The monoisotopic (exact) mass is 493 g/mol. The van der Waals surface area contributed by atoms with E-state index in [9.17, 15) is 13.2 Å². The Bertz CT molecular complexity index is 995. The summed E-state index contributed by atoms with van der Waals surface area (Å²) in [5.41, 5.74) is 2.96. The van der Waals surface area contributed by atoms with Crippen molar-refractivity contribution in [1.29, 1.82) is 0 Å². The second kappa shape index (κ2) is 11.6. The molecule has 1 saturated heterocycles. The van der Waals surface area contributed by atoms with E-state index in [1.54, 1.807) is 0 Å².